The number of rotatable bonds is 6. The zero-order valence-corrected chi connectivity index (χ0v) is 17.4. The van der Waals surface area contributed by atoms with Crippen LogP contribution >= 0.6 is 0 Å². The van der Waals surface area contributed by atoms with Gasteiger partial charge in [-0.15, -0.1) is 0 Å². The minimum Gasteiger partial charge on any atom is -0.484 e. The second-order valence-corrected chi connectivity index (χ2v) is 7.64. The SMILES string of the molecule is Cc1ccc(OCc2nc(C3CCCCN3C(=O)NCc3ccc(F)cc3)no2)cc1. The van der Waals surface area contributed by atoms with Gasteiger partial charge in [-0.1, -0.05) is 35.0 Å². The Kier molecular flexibility index (Phi) is 6.45. The number of hydrogen-bond acceptors (Lipinski definition) is 5. The fourth-order valence-corrected chi connectivity index (χ4v) is 3.57. The lowest BCUT2D eigenvalue weighted by Crippen LogP contribution is -2.44. The second kappa shape index (κ2) is 9.59. The number of carbonyl (C=O) groups excluding carboxylic acids is 1. The molecule has 0 spiro atoms. The molecule has 1 N–H and O–H groups in total. The molecule has 4 rings (SSSR count). The van der Waals surface area contributed by atoms with Crippen LogP contribution < -0.4 is 10.1 Å². The molecule has 0 radical (unpaired) electrons. The van der Waals surface area contributed by atoms with Crippen molar-refractivity contribution < 1.29 is 18.4 Å². The van der Waals surface area contributed by atoms with E-state index in [1.165, 1.54) is 12.1 Å². The number of aromatic nitrogens is 2. The number of halogens is 1. The number of urea groups is 1. The first kappa shape index (κ1) is 20.8. The van der Waals surface area contributed by atoms with Crippen molar-refractivity contribution in [1.82, 2.24) is 20.4 Å². The van der Waals surface area contributed by atoms with Crippen LogP contribution in [0.5, 0.6) is 5.75 Å². The molecular formula is C23H25FN4O3. The van der Waals surface area contributed by atoms with Gasteiger partial charge in [-0.05, 0) is 56.0 Å². The van der Waals surface area contributed by atoms with Gasteiger partial charge in [-0.3, -0.25) is 0 Å². The lowest BCUT2D eigenvalue weighted by molar-refractivity contribution is 0.145. The minimum atomic E-state index is -0.301. The molecule has 1 fully saturated rings. The average molecular weight is 424 g/mol. The fraction of sp³-hybridized carbons (Fsp3) is 0.348. The molecule has 1 aliphatic rings. The predicted octanol–water partition coefficient (Wildman–Crippen LogP) is 4.53. The van der Waals surface area contributed by atoms with Crippen LogP contribution in [0.15, 0.2) is 53.1 Å². The number of piperidine rings is 1. The van der Waals surface area contributed by atoms with Gasteiger partial charge in [0.1, 0.15) is 11.6 Å². The zero-order valence-electron chi connectivity index (χ0n) is 17.4. The standard InChI is InChI=1S/C23H25FN4O3/c1-16-5-11-19(12-6-16)30-15-21-26-22(27-31-21)20-4-2-3-13-28(20)23(29)25-14-17-7-9-18(24)10-8-17/h5-12,20H,2-4,13-15H2,1H3,(H,25,29). The van der Waals surface area contributed by atoms with E-state index in [-0.39, 0.29) is 24.5 Å². The summed E-state index contributed by atoms with van der Waals surface area (Å²) < 4.78 is 24.1. The van der Waals surface area contributed by atoms with Crippen molar-refractivity contribution in [3.05, 3.63) is 77.2 Å². The lowest BCUT2D eigenvalue weighted by Gasteiger charge is -2.33. The van der Waals surface area contributed by atoms with E-state index in [1.54, 1.807) is 17.0 Å². The van der Waals surface area contributed by atoms with Crippen molar-refractivity contribution in [2.24, 2.45) is 0 Å². The molecule has 8 heteroatoms. The first-order valence-corrected chi connectivity index (χ1v) is 10.4. The summed E-state index contributed by atoms with van der Waals surface area (Å²) in [5.74, 6) is 1.28. The van der Waals surface area contributed by atoms with Crippen LogP contribution in [0.2, 0.25) is 0 Å². The molecule has 2 amide bonds. The molecule has 1 atom stereocenters. The van der Waals surface area contributed by atoms with Crippen molar-refractivity contribution in [3.63, 3.8) is 0 Å². The number of nitrogens with zero attached hydrogens (tertiary/aromatic N) is 3. The lowest BCUT2D eigenvalue weighted by atomic mass is 10.0. The van der Waals surface area contributed by atoms with Crippen molar-refractivity contribution in [2.75, 3.05) is 6.54 Å². The van der Waals surface area contributed by atoms with Crippen LogP contribution in [-0.2, 0) is 13.2 Å². The third kappa shape index (κ3) is 5.39. The number of amides is 2. The van der Waals surface area contributed by atoms with E-state index in [9.17, 15) is 9.18 Å². The molecule has 1 saturated heterocycles. The molecule has 1 aromatic heterocycles. The molecule has 0 bridgehead atoms. The van der Waals surface area contributed by atoms with Crippen LogP contribution in [0.3, 0.4) is 0 Å². The zero-order chi connectivity index (χ0) is 21.6. The maximum atomic E-state index is 13.1. The Labute approximate surface area is 180 Å². The molecule has 1 unspecified atom stereocenters. The van der Waals surface area contributed by atoms with Gasteiger partial charge in [0.2, 0.25) is 0 Å². The number of carbonyl (C=O) groups is 1. The topological polar surface area (TPSA) is 80.5 Å². The Hall–Kier alpha value is -3.42. The highest BCUT2D eigenvalue weighted by Crippen LogP contribution is 2.29. The number of ether oxygens (including phenoxy) is 1. The molecular weight excluding hydrogens is 399 g/mol. The summed E-state index contributed by atoms with van der Waals surface area (Å²) >= 11 is 0. The van der Waals surface area contributed by atoms with E-state index in [0.29, 0.717) is 24.8 Å². The maximum absolute atomic E-state index is 13.1. The van der Waals surface area contributed by atoms with Crippen molar-refractivity contribution in [1.29, 1.82) is 0 Å². The molecule has 0 aliphatic carbocycles. The molecule has 31 heavy (non-hydrogen) atoms. The smallest absolute Gasteiger partial charge is 0.318 e. The largest absolute Gasteiger partial charge is 0.484 e. The van der Waals surface area contributed by atoms with Gasteiger partial charge in [0.05, 0.1) is 6.04 Å². The number of benzene rings is 2. The van der Waals surface area contributed by atoms with Gasteiger partial charge in [0, 0.05) is 13.1 Å². The molecule has 2 heterocycles. The summed E-state index contributed by atoms with van der Waals surface area (Å²) in [6.45, 7) is 3.12. The van der Waals surface area contributed by atoms with Gasteiger partial charge in [-0.2, -0.15) is 4.98 Å². The number of aryl methyl sites for hydroxylation is 1. The Morgan fingerprint density at radius 1 is 1.19 bits per heavy atom. The number of likely N-dealkylation sites (tertiary alicyclic amines) is 1. The Bertz CT molecular complexity index is 1000. The summed E-state index contributed by atoms with van der Waals surface area (Å²) in [5, 5.41) is 7.00. The van der Waals surface area contributed by atoms with Crippen LogP contribution in [0.1, 0.15) is 48.1 Å². The summed E-state index contributed by atoms with van der Waals surface area (Å²) in [7, 11) is 0. The van der Waals surface area contributed by atoms with Crippen LogP contribution in [0.4, 0.5) is 9.18 Å². The van der Waals surface area contributed by atoms with Crippen LogP contribution in [0, 0.1) is 12.7 Å². The van der Waals surface area contributed by atoms with Crippen molar-refractivity contribution in [3.8, 4) is 5.75 Å². The Morgan fingerprint density at radius 3 is 2.74 bits per heavy atom. The van der Waals surface area contributed by atoms with Gasteiger partial charge < -0.3 is 19.5 Å². The van der Waals surface area contributed by atoms with E-state index < -0.39 is 0 Å². The monoisotopic (exact) mass is 424 g/mol. The summed E-state index contributed by atoms with van der Waals surface area (Å²) in [6.07, 6.45) is 2.67. The summed E-state index contributed by atoms with van der Waals surface area (Å²) in [5.41, 5.74) is 1.99. The first-order chi connectivity index (χ1) is 15.1. The third-order valence-corrected chi connectivity index (χ3v) is 5.29. The van der Waals surface area contributed by atoms with Gasteiger partial charge in [0.25, 0.3) is 5.89 Å². The van der Waals surface area contributed by atoms with E-state index >= 15 is 0 Å². The number of hydrogen-bond donors (Lipinski definition) is 1. The van der Waals surface area contributed by atoms with Crippen LogP contribution in [-0.4, -0.2) is 27.6 Å². The highest BCUT2D eigenvalue weighted by Gasteiger charge is 2.31. The minimum absolute atomic E-state index is 0.166. The van der Waals surface area contributed by atoms with Gasteiger partial charge in [-0.25, -0.2) is 9.18 Å². The normalized spacial score (nSPS) is 16.2. The van der Waals surface area contributed by atoms with E-state index in [1.807, 2.05) is 31.2 Å². The fourth-order valence-electron chi connectivity index (χ4n) is 3.57. The van der Waals surface area contributed by atoms with Crippen molar-refractivity contribution in [2.45, 2.75) is 45.4 Å². The van der Waals surface area contributed by atoms with E-state index in [2.05, 4.69) is 15.5 Å². The van der Waals surface area contributed by atoms with Crippen molar-refractivity contribution >= 4 is 6.03 Å². The maximum Gasteiger partial charge on any atom is 0.318 e. The highest BCUT2D eigenvalue weighted by molar-refractivity contribution is 5.74. The Balaban J connectivity index is 1.37. The summed E-state index contributed by atoms with van der Waals surface area (Å²) in [6, 6.07) is 13.3. The Morgan fingerprint density at radius 2 is 1.97 bits per heavy atom. The van der Waals surface area contributed by atoms with Crippen LogP contribution in [0.25, 0.3) is 0 Å². The molecule has 0 saturated carbocycles. The van der Waals surface area contributed by atoms with E-state index in [0.717, 1.165) is 36.1 Å². The predicted molar refractivity (Wildman–Crippen MR) is 112 cm³/mol. The molecule has 1 aliphatic heterocycles. The second-order valence-electron chi connectivity index (χ2n) is 7.64. The van der Waals surface area contributed by atoms with Gasteiger partial charge in [0.15, 0.2) is 12.4 Å². The molecule has 3 aromatic rings. The number of nitrogens with one attached hydrogen (secondary N) is 1. The third-order valence-electron chi connectivity index (χ3n) is 5.29. The van der Waals surface area contributed by atoms with Gasteiger partial charge >= 0.3 is 6.03 Å². The summed E-state index contributed by atoms with van der Waals surface area (Å²) in [4.78, 5) is 19.0. The van der Waals surface area contributed by atoms with E-state index in [4.69, 9.17) is 9.26 Å². The highest BCUT2D eigenvalue weighted by atomic mass is 19.1. The average Bonchev–Trinajstić information content (AvgIpc) is 3.27. The molecule has 7 nitrogen and oxygen atoms in total. The molecule has 2 aromatic carbocycles. The quantitative estimate of drug-likeness (QED) is 0.629. The molecule has 162 valence electrons. The first-order valence-electron chi connectivity index (χ1n) is 10.4.